The van der Waals surface area contributed by atoms with Gasteiger partial charge in [0.05, 0.1) is 16.0 Å². The van der Waals surface area contributed by atoms with Gasteiger partial charge in [0.1, 0.15) is 11.8 Å². The van der Waals surface area contributed by atoms with Crippen molar-refractivity contribution in [3.05, 3.63) is 40.7 Å². The molecule has 5 nitrogen and oxygen atoms in total. The first kappa shape index (κ1) is 19.7. The second-order valence-corrected chi connectivity index (χ2v) is 7.63. The Labute approximate surface area is 158 Å². The van der Waals surface area contributed by atoms with Gasteiger partial charge >= 0.3 is 0 Å². The number of Topliss-reactive ketones (excluding diaryl/α,β-unsaturated/α-hetero) is 1. The fraction of sp³-hybridized carbons (Fsp3) is 0.400. The Morgan fingerprint density at radius 3 is 2.69 bits per heavy atom. The summed E-state index contributed by atoms with van der Waals surface area (Å²) in [6.45, 7) is 3.95. The maximum Gasteiger partial charge on any atom is 0.272 e. The molecule has 1 aliphatic rings. The van der Waals surface area contributed by atoms with Gasteiger partial charge in [-0.15, -0.1) is 6.42 Å². The van der Waals surface area contributed by atoms with E-state index in [0.29, 0.717) is 30.1 Å². The van der Waals surface area contributed by atoms with Gasteiger partial charge in [0.25, 0.3) is 5.91 Å². The lowest BCUT2D eigenvalue weighted by Gasteiger charge is -2.38. The molecule has 1 aliphatic carbocycles. The third-order valence-electron chi connectivity index (χ3n) is 4.63. The third-order valence-corrected chi connectivity index (χ3v) is 4.86. The summed E-state index contributed by atoms with van der Waals surface area (Å²) in [6.07, 6.45) is 9.65. The van der Waals surface area contributed by atoms with Crippen LogP contribution in [0.5, 0.6) is 0 Å². The first-order valence-electron chi connectivity index (χ1n) is 8.17. The van der Waals surface area contributed by atoms with Crippen LogP contribution in [0, 0.1) is 34.5 Å². The molecular formula is C20H20ClN3O2. The molecule has 0 saturated carbocycles. The number of halogens is 1. The lowest BCUT2D eigenvalue weighted by molar-refractivity contribution is -0.124. The summed E-state index contributed by atoms with van der Waals surface area (Å²) in [5.41, 5.74) is -1.08. The average Bonchev–Trinajstić information content (AvgIpc) is 2.62. The molecule has 0 saturated heterocycles. The van der Waals surface area contributed by atoms with E-state index in [0.717, 1.165) is 0 Å². The number of aromatic nitrogens is 1. The van der Waals surface area contributed by atoms with E-state index in [9.17, 15) is 14.9 Å². The molecule has 0 aromatic carbocycles. The van der Waals surface area contributed by atoms with Crippen LogP contribution in [-0.2, 0) is 4.79 Å². The summed E-state index contributed by atoms with van der Waals surface area (Å²) in [5.74, 6) is 2.31. The Morgan fingerprint density at radius 1 is 1.46 bits per heavy atom. The van der Waals surface area contributed by atoms with Crippen LogP contribution in [0.3, 0.4) is 0 Å². The Balaban J connectivity index is 2.18. The Hall–Kier alpha value is -2.63. The van der Waals surface area contributed by atoms with E-state index in [1.807, 2.05) is 6.07 Å². The highest BCUT2D eigenvalue weighted by atomic mass is 35.5. The minimum Gasteiger partial charge on any atom is -0.340 e. The van der Waals surface area contributed by atoms with Crippen molar-refractivity contribution in [1.82, 2.24) is 9.88 Å². The monoisotopic (exact) mass is 369 g/mol. The Morgan fingerprint density at radius 2 is 2.15 bits per heavy atom. The predicted molar refractivity (Wildman–Crippen MR) is 99.2 cm³/mol. The minimum absolute atomic E-state index is 0.0903. The number of carbonyl (C=O) groups excluding carboxylic acids is 2. The van der Waals surface area contributed by atoms with Crippen molar-refractivity contribution < 1.29 is 9.59 Å². The van der Waals surface area contributed by atoms with E-state index in [-0.39, 0.29) is 17.3 Å². The van der Waals surface area contributed by atoms with Crippen LogP contribution in [0.15, 0.2) is 30.0 Å². The number of hydrogen-bond donors (Lipinski definition) is 0. The lowest BCUT2D eigenvalue weighted by atomic mass is 9.63. The van der Waals surface area contributed by atoms with Crippen molar-refractivity contribution >= 4 is 23.3 Å². The third kappa shape index (κ3) is 3.95. The topological polar surface area (TPSA) is 74.1 Å². The van der Waals surface area contributed by atoms with Gasteiger partial charge in [0.15, 0.2) is 5.78 Å². The number of pyridine rings is 1. The fourth-order valence-corrected chi connectivity index (χ4v) is 3.31. The quantitative estimate of drug-likeness (QED) is 0.763. The van der Waals surface area contributed by atoms with Gasteiger partial charge in [-0.25, -0.2) is 4.98 Å². The maximum atomic E-state index is 12.5. The van der Waals surface area contributed by atoms with E-state index in [4.69, 9.17) is 18.0 Å². The zero-order valence-electron chi connectivity index (χ0n) is 15.0. The smallest absolute Gasteiger partial charge is 0.272 e. The second-order valence-electron chi connectivity index (χ2n) is 7.20. The molecular weight excluding hydrogens is 350 g/mol. The summed E-state index contributed by atoms with van der Waals surface area (Å²) in [6, 6.07) is 5.12. The molecule has 0 radical (unpaired) electrons. The molecule has 0 unspecified atom stereocenters. The number of amides is 1. The summed E-state index contributed by atoms with van der Waals surface area (Å²) in [4.78, 5) is 30.3. The highest BCUT2D eigenvalue weighted by Gasteiger charge is 2.44. The molecule has 1 aromatic heterocycles. The molecule has 1 heterocycles. The standard InChI is InChI=1S/C20H20ClN3O2/c1-5-20(10-14(11-22)17(25)19(2,3)13-20)8-9-24(4)18(26)16-7-6-15(21)12-23-16/h1,6-7,10,12H,8-9,13H2,2-4H3/t20-/m1/s1. The van der Waals surface area contributed by atoms with Crippen LogP contribution in [0.2, 0.25) is 5.02 Å². The molecule has 6 heteroatoms. The van der Waals surface area contributed by atoms with Crippen LogP contribution < -0.4 is 0 Å². The number of rotatable bonds is 4. The van der Waals surface area contributed by atoms with Gasteiger partial charge in [-0.3, -0.25) is 9.59 Å². The van der Waals surface area contributed by atoms with Crippen molar-refractivity contribution in [2.24, 2.45) is 10.8 Å². The summed E-state index contributed by atoms with van der Waals surface area (Å²) in [5, 5.41) is 9.72. The highest BCUT2D eigenvalue weighted by Crippen LogP contribution is 2.44. The van der Waals surface area contributed by atoms with E-state index in [1.165, 1.54) is 11.1 Å². The van der Waals surface area contributed by atoms with Crippen molar-refractivity contribution in [1.29, 1.82) is 5.26 Å². The van der Waals surface area contributed by atoms with Crippen molar-refractivity contribution in [3.8, 4) is 18.4 Å². The Kier molecular flexibility index (Phi) is 5.54. The molecule has 0 spiro atoms. The predicted octanol–water partition coefficient (Wildman–Crippen LogP) is 3.27. The van der Waals surface area contributed by atoms with Crippen molar-refractivity contribution in [2.75, 3.05) is 13.6 Å². The summed E-state index contributed by atoms with van der Waals surface area (Å²) >= 11 is 5.79. The van der Waals surface area contributed by atoms with Crippen LogP contribution in [0.25, 0.3) is 0 Å². The number of terminal acetylenes is 1. The lowest BCUT2D eigenvalue weighted by Crippen LogP contribution is -2.40. The molecule has 1 atom stereocenters. The van der Waals surface area contributed by atoms with Crippen molar-refractivity contribution in [2.45, 2.75) is 26.7 Å². The number of nitriles is 1. The second kappa shape index (κ2) is 7.32. The van der Waals surface area contributed by atoms with Gasteiger partial charge in [-0.1, -0.05) is 31.4 Å². The fourth-order valence-electron chi connectivity index (χ4n) is 3.20. The van der Waals surface area contributed by atoms with E-state index in [1.54, 1.807) is 39.1 Å². The summed E-state index contributed by atoms with van der Waals surface area (Å²) in [7, 11) is 1.66. The number of hydrogen-bond acceptors (Lipinski definition) is 4. The van der Waals surface area contributed by atoms with E-state index >= 15 is 0 Å². The molecule has 26 heavy (non-hydrogen) atoms. The van der Waals surface area contributed by atoms with Crippen molar-refractivity contribution in [3.63, 3.8) is 0 Å². The Bertz CT molecular complexity index is 843. The first-order valence-corrected chi connectivity index (χ1v) is 8.54. The average molecular weight is 370 g/mol. The molecule has 1 aromatic rings. The molecule has 134 valence electrons. The molecule has 0 bridgehead atoms. The SMILES string of the molecule is C#C[C@@]1(CCN(C)C(=O)c2ccc(Cl)cn2)C=C(C#N)C(=O)C(C)(C)C1. The number of ketones is 1. The van der Waals surface area contributed by atoms with Crippen LogP contribution >= 0.6 is 11.6 Å². The molecule has 0 aliphatic heterocycles. The zero-order valence-corrected chi connectivity index (χ0v) is 15.8. The van der Waals surface area contributed by atoms with Gasteiger partial charge in [-0.05, 0) is 31.1 Å². The maximum absolute atomic E-state index is 12.5. The summed E-state index contributed by atoms with van der Waals surface area (Å²) < 4.78 is 0. The number of allylic oxidation sites excluding steroid dienone is 2. The van der Waals surface area contributed by atoms with E-state index < -0.39 is 10.8 Å². The number of nitrogens with zero attached hydrogens (tertiary/aromatic N) is 3. The van der Waals surface area contributed by atoms with Gasteiger partial charge in [0, 0.05) is 25.2 Å². The molecule has 0 N–H and O–H groups in total. The molecule has 2 rings (SSSR count). The largest absolute Gasteiger partial charge is 0.340 e. The molecule has 0 fully saturated rings. The first-order chi connectivity index (χ1) is 12.1. The van der Waals surface area contributed by atoms with Gasteiger partial charge in [-0.2, -0.15) is 5.26 Å². The van der Waals surface area contributed by atoms with E-state index in [2.05, 4.69) is 10.9 Å². The van der Waals surface area contributed by atoms with Gasteiger partial charge < -0.3 is 4.90 Å². The van der Waals surface area contributed by atoms with Crippen LogP contribution in [0.1, 0.15) is 37.2 Å². The van der Waals surface area contributed by atoms with Crippen LogP contribution in [0.4, 0.5) is 0 Å². The zero-order chi connectivity index (χ0) is 19.5. The normalized spacial score (nSPS) is 21.3. The van der Waals surface area contributed by atoms with Crippen LogP contribution in [-0.4, -0.2) is 35.2 Å². The van der Waals surface area contributed by atoms with Gasteiger partial charge in [0.2, 0.25) is 0 Å². The number of carbonyl (C=O) groups is 2. The molecule has 1 amide bonds. The highest BCUT2D eigenvalue weighted by molar-refractivity contribution is 6.30. The minimum atomic E-state index is -0.746.